The van der Waals surface area contributed by atoms with Crippen LogP contribution in [0.3, 0.4) is 0 Å². The molecule has 1 aliphatic heterocycles. The molecule has 4 rings (SSSR count). The molecule has 2 N–H and O–H groups in total. The summed E-state index contributed by atoms with van der Waals surface area (Å²) in [5.41, 5.74) is 3.76. The molecule has 1 aliphatic rings. The lowest BCUT2D eigenvalue weighted by Crippen LogP contribution is -2.52. The monoisotopic (exact) mass is 448 g/mol. The first-order valence-electron chi connectivity index (χ1n) is 10.6. The van der Waals surface area contributed by atoms with Crippen LogP contribution in [0, 0.1) is 11.3 Å². The van der Waals surface area contributed by atoms with Crippen molar-refractivity contribution >= 4 is 17.6 Å². The third kappa shape index (κ3) is 5.28. The van der Waals surface area contributed by atoms with Gasteiger partial charge in [0.15, 0.2) is 0 Å². The van der Waals surface area contributed by atoms with Gasteiger partial charge in [0, 0.05) is 43.9 Å². The number of piperazine rings is 1. The maximum atomic E-state index is 12.7. The van der Waals surface area contributed by atoms with Crippen LogP contribution in [0.2, 0.25) is 5.02 Å². The fraction of sp³-hybridized carbons (Fsp3) is 0.292. The molecule has 2 heterocycles. The highest BCUT2D eigenvalue weighted by molar-refractivity contribution is 6.31. The molecule has 1 unspecified atom stereocenters. The van der Waals surface area contributed by atoms with Crippen LogP contribution in [0.5, 0.6) is 0 Å². The van der Waals surface area contributed by atoms with Crippen molar-refractivity contribution in [3.8, 4) is 6.07 Å². The highest BCUT2D eigenvalue weighted by Crippen LogP contribution is 2.25. The van der Waals surface area contributed by atoms with Crippen molar-refractivity contribution in [3.05, 3.63) is 88.5 Å². The number of imidazole rings is 1. The van der Waals surface area contributed by atoms with Gasteiger partial charge in [0.1, 0.15) is 0 Å². The van der Waals surface area contributed by atoms with Gasteiger partial charge in [-0.25, -0.2) is 9.78 Å². The maximum Gasteiger partial charge on any atom is 0.317 e. The first-order chi connectivity index (χ1) is 15.6. The molecular formula is C24H25ClN6O. The smallest absolute Gasteiger partial charge is 0.317 e. The van der Waals surface area contributed by atoms with Gasteiger partial charge < -0.3 is 15.2 Å². The molecule has 1 saturated heterocycles. The second-order valence-corrected chi connectivity index (χ2v) is 8.22. The van der Waals surface area contributed by atoms with Crippen LogP contribution in [0.1, 0.15) is 28.4 Å². The summed E-state index contributed by atoms with van der Waals surface area (Å²) < 4.78 is 0. The van der Waals surface area contributed by atoms with Crippen LogP contribution in [0.4, 0.5) is 4.79 Å². The van der Waals surface area contributed by atoms with Gasteiger partial charge in [-0.3, -0.25) is 4.90 Å². The number of amides is 2. The molecule has 8 heteroatoms. The number of urea groups is 1. The number of rotatable bonds is 6. The quantitative estimate of drug-likeness (QED) is 0.601. The average molecular weight is 449 g/mol. The molecule has 0 radical (unpaired) electrons. The minimum Gasteiger partial charge on any atom is -0.347 e. The van der Waals surface area contributed by atoms with E-state index in [-0.39, 0.29) is 12.1 Å². The van der Waals surface area contributed by atoms with Gasteiger partial charge in [-0.15, -0.1) is 0 Å². The molecule has 3 aromatic rings. The van der Waals surface area contributed by atoms with E-state index in [1.807, 2.05) is 59.6 Å². The number of halogens is 1. The number of aromatic nitrogens is 2. The maximum absolute atomic E-state index is 12.7. The van der Waals surface area contributed by atoms with Gasteiger partial charge >= 0.3 is 6.03 Å². The molecule has 1 aromatic heterocycles. The van der Waals surface area contributed by atoms with Gasteiger partial charge in [0.2, 0.25) is 0 Å². The number of aromatic amines is 1. The molecule has 164 valence electrons. The predicted octanol–water partition coefficient (Wildman–Crippen LogP) is 3.75. The summed E-state index contributed by atoms with van der Waals surface area (Å²) in [7, 11) is 0. The van der Waals surface area contributed by atoms with Gasteiger partial charge in [-0.05, 0) is 35.7 Å². The van der Waals surface area contributed by atoms with Gasteiger partial charge in [-0.2, -0.15) is 5.26 Å². The van der Waals surface area contributed by atoms with E-state index >= 15 is 0 Å². The molecule has 1 atom stereocenters. The number of hydrogen-bond acceptors (Lipinski definition) is 4. The molecule has 0 bridgehead atoms. The Morgan fingerprint density at radius 2 is 1.91 bits per heavy atom. The van der Waals surface area contributed by atoms with E-state index in [1.54, 1.807) is 6.33 Å². The molecule has 0 saturated carbocycles. The first-order valence-corrected chi connectivity index (χ1v) is 11.0. The van der Waals surface area contributed by atoms with E-state index in [2.05, 4.69) is 26.3 Å². The third-order valence-corrected chi connectivity index (χ3v) is 6.19. The summed E-state index contributed by atoms with van der Waals surface area (Å²) in [5, 5.41) is 12.7. The summed E-state index contributed by atoms with van der Waals surface area (Å²) in [4.78, 5) is 24.3. The molecule has 1 fully saturated rings. The van der Waals surface area contributed by atoms with Gasteiger partial charge in [0.05, 0.1) is 29.7 Å². The van der Waals surface area contributed by atoms with Crippen LogP contribution in [0.15, 0.2) is 61.1 Å². The number of benzene rings is 2. The van der Waals surface area contributed by atoms with Crippen LogP contribution in [-0.4, -0.2) is 52.0 Å². The van der Waals surface area contributed by atoms with E-state index in [0.29, 0.717) is 30.2 Å². The molecular weight excluding hydrogens is 424 g/mol. The zero-order valence-electron chi connectivity index (χ0n) is 17.7. The van der Waals surface area contributed by atoms with E-state index in [1.165, 1.54) is 0 Å². The summed E-state index contributed by atoms with van der Waals surface area (Å²) in [6.45, 7) is 3.23. The second kappa shape index (κ2) is 10.3. The van der Waals surface area contributed by atoms with Crippen molar-refractivity contribution in [1.82, 2.24) is 25.1 Å². The third-order valence-electron chi connectivity index (χ3n) is 5.82. The largest absolute Gasteiger partial charge is 0.347 e. The average Bonchev–Trinajstić information content (AvgIpc) is 3.37. The van der Waals surface area contributed by atoms with Crippen LogP contribution in [-0.2, 0) is 13.0 Å². The fourth-order valence-corrected chi connectivity index (χ4v) is 4.19. The Labute approximate surface area is 192 Å². The lowest BCUT2D eigenvalue weighted by molar-refractivity contribution is 0.106. The number of hydrogen-bond donors (Lipinski definition) is 2. The molecule has 32 heavy (non-hydrogen) atoms. The zero-order valence-corrected chi connectivity index (χ0v) is 18.4. The Morgan fingerprint density at radius 3 is 2.56 bits per heavy atom. The van der Waals surface area contributed by atoms with Crippen molar-refractivity contribution in [2.45, 2.75) is 19.0 Å². The van der Waals surface area contributed by atoms with E-state index in [9.17, 15) is 4.79 Å². The number of carbonyl (C=O) groups is 1. The number of nitrogens with zero attached hydrogens (tertiary/aromatic N) is 4. The van der Waals surface area contributed by atoms with E-state index in [0.717, 1.165) is 36.3 Å². The molecule has 2 amide bonds. The van der Waals surface area contributed by atoms with Crippen molar-refractivity contribution < 1.29 is 4.79 Å². The summed E-state index contributed by atoms with van der Waals surface area (Å²) in [6.07, 6.45) is 4.35. The SMILES string of the molecule is N#Cc1ccc(CC(c2cnc[nH]2)N2CCN(C(=O)NCc3ccccc3Cl)CC2)cc1. The fourth-order valence-electron chi connectivity index (χ4n) is 3.98. The summed E-state index contributed by atoms with van der Waals surface area (Å²) >= 11 is 6.18. The standard InChI is InChI=1S/C24H25ClN6O/c25-21-4-2-1-3-20(21)15-28-24(32)31-11-9-30(10-12-31)23(22-16-27-17-29-22)13-18-5-7-19(14-26)8-6-18/h1-8,16-17,23H,9-13,15H2,(H,27,29)(H,28,32). The number of nitrogens with one attached hydrogen (secondary N) is 2. The Hall–Kier alpha value is -3.34. The zero-order chi connectivity index (χ0) is 22.3. The van der Waals surface area contributed by atoms with Crippen LogP contribution < -0.4 is 5.32 Å². The second-order valence-electron chi connectivity index (χ2n) is 7.81. The Morgan fingerprint density at radius 1 is 1.16 bits per heavy atom. The van der Waals surface area contributed by atoms with Gasteiger partial charge in [0.25, 0.3) is 0 Å². The molecule has 7 nitrogen and oxygen atoms in total. The van der Waals surface area contributed by atoms with Crippen LogP contribution in [0.25, 0.3) is 0 Å². The predicted molar refractivity (Wildman–Crippen MR) is 123 cm³/mol. The number of H-pyrrole nitrogens is 1. The topological polar surface area (TPSA) is 88.1 Å². The van der Waals surface area contributed by atoms with E-state index < -0.39 is 0 Å². The molecule has 0 aliphatic carbocycles. The minimum atomic E-state index is -0.0743. The molecule has 0 spiro atoms. The van der Waals surface area contributed by atoms with Gasteiger partial charge in [-0.1, -0.05) is 41.9 Å². The van der Waals surface area contributed by atoms with Crippen LogP contribution >= 0.6 is 11.6 Å². The van der Waals surface area contributed by atoms with E-state index in [4.69, 9.17) is 16.9 Å². The van der Waals surface area contributed by atoms with Crippen molar-refractivity contribution in [3.63, 3.8) is 0 Å². The normalized spacial score (nSPS) is 15.2. The molecule has 2 aromatic carbocycles. The Bertz CT molecular complexity index is 1070. The van der Waals surface area contributed by atoms with Crippen molar-refractivity contribution in [2.75, 3.05) is 26.2 Å². The number of carbonyl (C=O) groups excluding carboxylic acids is 1. The van der Waals surface area contributed by atoms with Crippen molar-refractivity contribution in [1.29, 1.82) is 5.26 Å². The lowest BCUT2D eigenvalue weighted by atomic mass is 10.0. The highest BCUT2D eigenvalue weighted by Gasteiger charge is 2.28. The minimum absolute atomic E-state index is 0.0743. The number of nitriles is 1. The van der Waals surface area contributed by atoms with Crippen molar-refractivity contribution in [2.24, 2.45) is 0 Å². The highest BCUT2D eigenvalue weighted by atomic mass is 35.5. The summed E-state index contributed by atoms with van der Waals surface area (Å²) in [6, 6.07) is 17.4. The lowest BCUT2D eigenvalue weighted by Gasteiger charge is -2.39. The Balaban J connectivity index is 1.36. The Kier molecular flexibility index (Phi) is 7.05. The summed E-state index contributed by atoms with van der Waals surface area (Å²) in [5.74, 6) is 0. The first kappa shape index (κ1) is 21.9.